The number of carbonyl (C=O) groups excluding carboxylic acids is 2. The number of hydrogen-bond donors (Lipinski definition) is 3. The van der Waals surface area contributed by atoms with Crippen molar-refractivity contribution in [2.24, 2.45) is 5.73 Å². The summed E-state index contributed by atoms with van der Waals surface area (Å²) in [7, 11) is 1.92. The van der Waals surface area contributed by atoms with Gasteiger partial charge in [0.15, 0.2) is 0 Å². The van der Waals surface area contributed by atoms with Crippen LogP contribution in [0.1, 0.15) is 46.3 Å². The molecule has 4 N–H and O–H groups in total. The Kier molecular flexibility index (Phi) is 6.28. The number of rotatable bonds is 9. The van der Waals surface area contributed by atoms with Gasteiger partial charge < -0.3 is 15.6 Å². The van der Waals surface area contributed by atoms with E-state index in [4.69, 9.17) is 5.73 Å². The number of benzene rings is 1. The van der Waals surface area contributed by atoms with Crippen LogP contribution in [-0.4, -0.2) is 44.7 Å². The zero-order chi connectivity index (χ0) is 21.0. The molecule has 0 unspecified atom stereocenters. The third-order valence-electron chi connectivity index (χ3n) is 4.75. The van der Waals surface area contributed by atoms with E-state index < -0.39 is 5.91 Å². The molecule has 1 aromatic carbocycles. The highest BCUT2D eigenvalue weighted by Gasteiger charge is 2.18. The van der Waals surface area contributed by atoms with Crippen LogP contribution < -0.4 is 16.4 Å². The largest absolute Gasteiger partial charge is 0.366 e. The van der Waals surface area contributed by atoms with Crippen molar-refractivity contribution < 1.29 is 9.59 Å². The van der Waals surface area contributed by atoms with Gasteiger partial charge in [-0.3, -0.25) is 19.6 Å². The average Bonchev–Trinajstić information content (AvgIpc) is 3.24. The van der Waals surface area contributed by atoms with Crippen LogP contribution in [-0.2, 0) is 13.1 Å². The van der Waals surface area contributed by atoms with Gasteiger partial charge in [-0.25, -0.2) is 4.98 Å². The maximum atomic E-state index is 12.9. The molecular weight excluding hydrogens is 370 g/mol. The van der Waals surface area contributed by atoms with Gasteiger partial charge in [0.2, 0.25) is 11.9 Å². The Morgan fingerprint density at radius 3 is 2.69 bits per heavy atom. The van der Waals surface area contributed by atoms with E-state index in [1.807, 2.05) is 31.5 Å². The zero-order valence-electron chi connectivity index (χ0n) is 17.0. The van der Waals surface area contributed by atoms with Gasteiger partial charge in [-0.05, 0) is 64.5 Å². The van der Waals surface area contributed by atoms with Crippen LogP contribution >= 0.6 is 0 Å². The topological polar surface area (TPSA) is 120 Å². The quantitative estimate of drug-likeness (QED) is 0.477. The maximum Gasteiger partial charge on any atom is 0.276 e. The highest BCUT2D eigenvalue weighted by molar-refractivity contribution is 6.03. The summed E-state index contributed by atoms with van der Waals surface area (Å²) in [4.78, 5) is 29.0. The fourth-order valence-electron chi connectivity index (χ4n) is 3.31. The Morgan fingerprint density at radius 1 is 1.21 bits per heavy atom. The van der Waals surface area contributed by atoms with Crippen LogP contribution in [0.2, 0.25) is 0 Å². The highest BCUT2D eigenvalue weighted by atomic mass is 16.2. The lowest BCUT2D eigenvalue weighted by Crippen LogP contribution is -2.20. The van der Waals surface area contributed by atoms with E-state index in [1.165, 1.54) is 0 Å². The highest BCUT2D eigenvalue weighted by Crippen LogP contribution is 2.22. The standard InChI is InChI=1S/C20H27N7O2/c1-4-27-17(11-13(2)25-27)19(29)24-20-23-15-12-14(18(21)28)7-8-16(15)26(20)10-6-5-9-22-3/h7-8,11-12,22H,4-6,9-10H2,1-3H3,(H2,21,28)(H,23,24,29). The van der Waals surface area contributed by atoms with Gasteiger partial charge in [-0.2, -0.15) is 5.10 Å². The summed E-state index contributed by atoms with van der Waals surface area (Å²) in [6.07, 6.45) is 1.91. The molecule has 0 atom stereocenters. The van der Waals surface area contributed by atoms with Gasteiger partial charge >= 0.3 is 0 Å². The summed E-state index contributed by atoms with van der Waals surface area (Å²) in [5.41, 5.74) is 8.50. The van der Waals surface area contributed by atoms with E-state index in [9.17, 15) is 9.59 Å². The van der Waals surface area contributed by atoms with Crippen molar-refractivity contribution in [2.45, 2.75) is 39.8 Å². The number of nitrogens with two attached hydrogens (primary N) is 1. The number of nitrogens with zero attached hydrogens (tertiary/aromatic N) is 4. The number of hydrogen-bond acceptors (Lipinski definition) is 5. The molecule has 9 heteroatoms. The van der Waals surface area contributed by atoms with Crippen LogP contribution in [0.3, 0.4) is 0 Å². The molecule has 0 saturated carbocycles. The number of primary amides is 1. The monoisotopic (exact) mass is 397 g/mol. The van der Waals surface area contributed by atoms with E-state index >= 15 is 0 Å². The molecule has 2 heterocycles. The Labute approximate surface area is 169 Å². The summed E-state index contributed by atoms with van der Waals surface area (Å²) < 4.78 is 3.63. The Hall–Kier alpha value is -3.20. The molecule has 0 radical (unpaired) electrons. The third kappa shape index (κ3) is 4.45. The first-order valence-electron chi connectivity index (χ1n) is 9.75. The van der Waals surface area contributed by atoms with E-state index in [0.717, 1.165) is 30.6 Å². The fourth-order valence-corrected chi connectivity index (χ4v) is 3.31. The number of nitrogens with one attached hydrogen (secondary N) is 2. The lowest BCUT2D eigenvalue weighted by atomic mass is 10.2. The van der Waals surface area contributed by atoms with Crippen LogP contribution in [0.4, 0.5) is 5.95 Å². The van der Waals surface area contributed by atoms with Crippen molar-refractivity contribution in [1.29, 1.82) is 0 Å². The summed E-state index contributed by atoms with van der Waals surface area (Å²) in [6, 6.07) is 6.90. The summed E-state index contributed by atoms with van der Waals surface area (Å²) in [6.45, 7) is 5.99. The van der Waals surface area contributed by atoms with Crippen molar-refractivity contribution in [1.82, 2.24) is 24.6 Å². The second kappa shape index (κ2) is 8.87. The normalized spacial score (nSPS) is 11.1. The molecule has 0 aliphatic rings. The molecule has 2 amide bonds. The van der Waals surface area contributed by atoms with Gasteiger partial charge in [-0.1, -0.05) is 0 Å². The van der Waals surface area contributed by atoms with E-state index in [2.05, 4.69) is 20.7 Å². The number of fused-ring (bicyclic) bond motifs is 1. The summed E-state index contributed by atoms with van der Waals surface area (Å²) >= 11 is 0. The molecule has 9 nitrogen and oxygen atoms in total. The molecule has 3 rings (SSSR count). The van der Waals surface area contributed by atoms with Crippen LogP contribution in [0.5, 0.6) is 0 Å². The number of carbonyl (C=O) groups is 2. The molecule has 0 bridgehead atoms. The van der Waals surface area contributed by atoms with Crippen LogP contribution in [0, 0.1) is 6.92 Å². The molecule has 2 aromatic heterocycles. The first kappa shape index (κ1) is 20.5. The Balaban J connectivity index is 1.95. The second-order valence-corrected chi connectivity index (χ2v) is 6.91. The number of amides is 2. The maximum absolute atomic E-state index is 12.9. The van der Waals surface area contributed by atoms with Crippen molar-refractivity contribution in [3.05, 3.63) is 41.2 Å². The average molecular weight is 397 g/mol. The van der Waals surface area contributed by atoms with Crippen molar-refractivity contribution in [3.63, 3.8) is 0 Å². The predicted octanol–water partition coefficient (Wildman–Crippen LogP) is 1.91. The van der Waals surface area contributed by atoms with Crippen molar-refractivity contribution in [2.75, 3.05) is 18.9 Å². The lowest BCUT2D eigenvalue weighted by Gasteiger charge is -2.11. The van der Waals surface area contributed by atoms with E-state index in [0.29, 0.717) is 35.8 Å². The first-order chi connectivity index (χ1) is 13.9. The Morgan fingerprint density at radius 2 is 2.00 bits per heavy atom. The molecule has 3 aromatic rings. The zero-order valence-corrected chi connectivity index (χ0v) is 17.0. The Bertz CT molecular complexity index is 1040. The number of aromatic nitrogens is 4. The second-order valence-electron chi connectivity index (χ2n) is 6.91. The molecular formula is C20H27N7O2. The molecule has 0 spiro atoms. The molecule has 29 heavy (non-hydrogen) atoms. The number of imidazole rings is 1. The minimum atomic E-state index is -0.511. The van der Waals surface area contributed by atoms with Gasteiger partial charge in [0, 0.05) is 18.7 Å². The van der Waals surface area contributed by atoms with Crippen molar-refractivity contribution >= 4 is 28.8 Å². The van der Waals surface area contributed by atoms with Gasteiger partial charge in [0.1, 0.15) is 5.69 Å². The van der Waals surface area contributed by atoms with Crippen molar-refractivity contribution in [3.8, 4) is 0 Å². The number of aryl methyl sites for hydroxylation is 3. The smallest absolute Gasteiger partial charge is 0.276 e. The fraction of sp³-hybridized carbons (Fsp3) is 0.400. The first-order valence-corrected chi connectivity index (χ1v) is 9.75. The predicted molar refractivity (Wildman–Crippen MR) is 112 cm³/mol. The molecule has 0 saturated heterocycles. The van der Waals surface area contributed by atoms with Gasteiger partial charge in [0.05, 0.1) is 16.7 Å². The molecule has 154 valence electrons. The minimum Gasteiger partial charge on any atom is -0.366 e. The summed E-state index contributed by atoms with van der Waals surface area (Å²) in [5, 5.41) is 10.4. The molecule has 0 aliphatic carbocycles. The third-order valence-corrected chi connectivity index (χ3v) is 4.75. The minimum absolute atomic E-state index is 0.269. The lowest BCUT2D eigenvalue weighted by molar-refractivity contribution is 0.0996. The van der Waals surface area contributed by atoms with E-state index in [-0.39, 0.29) is 5.91 Å². The summed E-state index contributed by atoms with van der Waals surface area (Å²) in [5.74, 6) is -0.338. The molecule has 0 fully saturated rings. The van der Waals surface area contributed by atoms with Gasteiger partial charge in [-0.15, -0.1) is 0 Å². The number of anilines is 1. The number of unbranched alkanes of at least 4 members (excludes halogenated alkanes) is 1. The molecule has 0 aliphatic heterocycles. The van der Waals surface area contributed by atoms with E-state index in [1.54, 1.807) is 22.9 Å². The SMILES string of the molecule is CCn1nc(C)cc1C(=O)Nc1nc2cc(C(N)=O)ccc2n1CCCCNC. The van der Waals surface area contributed by atoms with Crippen LogP contribution in [0.15, 0.2) is 24.3 Å². The van der Waals surface area contributed by atoms with Crippen LogP contribution in [0.25, 0.3) is 11.0 Å². The van der Waals surface area contributed by atoms with Gasteiger partial charge in [0.25, 0.3) is 5.91 Å².